The minimum atomic E-state index is 1.61. The van der Waals surface area contributed by atoms with Gasteiger partial charge in [0.05, 0.1) is 0 Å². The Morgan fingerprint density at radius 1 is 1.43 bits per heavy atom. The van der Waals surface area contributed by atoms with Crippen molar-refractivity contribution in [1.82, 2.24) is 10.4 Å². The maximum absolute atomic E-state index is 3.59. The summed E-state index contributed by atoms with van der Waals surface area (Å²) in [7, 11) is 5.31. The van der Waals surface area contributed by atoms with Gasteiger partial charge in [0.1, 0.15) is 0 Å². The van der Waals surface area contributed by atoms with E-state index in [1.165, 1.54) is 0 Å². The van der Waals surface area contributed by atoms with Gasteiger partial charge in [0, 0.05) is 21.1 Å². The minimum absolute atomic E-state index is 1.61. The van der Waals surface area contributed by atoms with Crippen LogP contribution in [0.15, 0.2) is 10.4 Å². The van der Waals surface area contributed by atoms with Crippen molar-refractivity contribution in [3.8, 4) is 0 Å². The summed E-state index contributed by atoms with van der Waals surface area (Å²) in [6.07, 6.45) is 0. The van der Waals surface area contributed by atoms with Crippen LogP contribution in [0, 0.1) is 0 Å². The first kappa shape index (κ1) is 6.20. The highest BCUT2D eigenvalue weighted by Crippen LogP contribution is 1.71. The molecule has 0 saturated heterocycles. The largest absolute Gasteiger partial charge is 0.293 e. The van der Waals surface area contributed by atoms with E-state index in [-0.39, 0.29) is 0 Å². The molecule has 4 heteroatoms. The molecular weight excluding hydrogens is 92.1 g/mol. The van der Waals surface area contributed by atoms with Crippen molar-refractivity contribution in [2.75, 3.05) is 21.1 Å². The van der Waals surface area contributed by atoms with Crippen LogP contribution in [0.5, 0.6) is 0 Å². The zero-order valence-corrected chi connectivity index (χ0v) is 4.84. The molecule has 0 aliphatic rings. The van der Waals surface area contributed by atoms with E-state index in [0.717, 1.165) is 0 Å². The van der Waals surface area contributed by atoms with Gasteiger partial charge in [0.15, 0.2) is 0 Å². The lowest BCUT2D eigenvalue weighted by Crippen LogP contribution is -2.02. The first-order chi connectivity index (χ1) is 3.27. The Kier molecular flexibility index (Phi) is 3.00. The highest BCUT2D eigenvalue weighted by molar-refractivity contribution is 4.14. The van der Waals surface area contributed by atoms with Crippen LogP contribution in [0.1, 0.15) is 0 Å². The summed E-state index contributed by atoms with van der Waals surface area (Å²) >= 11 is 0. The molecule has 0 saturated carbocycles. The van der Waals surface area contributed by atoms with Crippen molar-refractivity contribution in [2.24, 2.45) is 10.4 Å². The molecule has 42 valence electrons. The van der Waals surface area contributed by atoms with Gasteiger partial charge in [0.25, 0.3) is 0 Å². The maximum Gasteiger partial charge on any atom is 0.0262 e. The third kappa shape index (κ3) is 5.20. The van der Waals surface area contributed by atoms with Crippen molar-refractivity contribution in [1.29, 1.82) is 0 Å². The summed E-state index contributed by atoms with van der Waals surface area (Å²) in [5.41, 5.74) is 2.52. The average Bonchev–Trinajstić information content (AvgIpc) is 1.61. The molecule has 0 bridgehead atoms. The monoisotopic (exact) mass is 102 g/mol. The molecular formula is C3H10N4. The predicted octanol–water partition coefficient (Wildman–Crippen LogP) is 0.0496. The second-order valence-corrected chi connectivity index (χ2v) is 1.26. The standard InChI is InChI=1S/C3H10N4/c1-4-5-6-7(2)3/h1-3H3,(H,4,6). The summed E-state index contributed by atoms with van der Waals surface area (Å²) < 4.78 is 0. The number of hydrogen-bond donors (Lipinski definition) is 1. The van der Waals surface area contributed by atoms with E-state index in [4.69, 9.17) is 0 Å². The number of rotatable bonds is 2. The maximum atomic E-state index is 3.59. The van der Waals surface area contributed by atoms with Gasteiger partial charge in [-0.2, -0.15) is 0 Å². The third-order valence-electron chi connectivity index (χ3n) is 0.324. The molecule has 4 nitrogen and oxygen atoms in total. The molecule has 0 fully saturated rings. The molecule has 0 heterocycles. The van der Waals surface area contributed by atoms with Crippen LogP contribution < -0.4 is 5.43 Å². The summed E-state index contributed by atoms with van der Waals surface area (Å²) in [6.45, 7) is 0. The SMILES string of the molecule is CNN=NN(C)C. The average molecular weight is 102 g/mol. The van der Waals surface area contributed by atoms with E-state index in [0.29, 0.717) is 0 Å². The van der Waals surface area contributed by atoms with E-state index >= 15 is 0 Å². The van der Waals surface area contributed by atoms with Crippen molar-refractivity contribution >= 4 is 0 Å². The smallest absolute Gasteiger partial charge is 0.0262 e. The second-order valence-electron chi connectivity index (χ2n) is 1.26. The lowest BCUT2D eigenvalue weighted by molar-refractivity contribution is 0.390. The third-order valence-corrected chi connectivity index (χ3v) is 0.324. The predicted molar refractivity (Wildman–Crippen MR) is 27.6 cm³/mol. The van der Waals surface area contributed by atoms with Gasteiger partial charge in [0.2, 0.25) is 0 Å². The first-order valence-electron chi connectivity index (χ1n) is 2.02. The van der Waals surface area contributed by atoms with Crippen LogP contribution in [0.3, 0.4) is 0 Å². The normalized spacial score (nSPS) is 9.57. The Balaban J connectivity index is 3.08. The van der Waals surface area contributed by atoms with E-state index in [1.54, 1.807) is 26.2 Å². The topological polar surface area (TPSA) is 40.0 Å². The van der Waals surface area contributed by atoms with Crippen LogP contribution in [0.25, 0.3) is 0 Å². The summed E-state index contributed by atoms with van der Waals surface area (Å²) in [4.78, 5) is 0. The van der Waals surface area contributed by atoms with Crippen LogP contribution >= 0.6 is 0 Å². The van der Waals surface area contributed by atoms with Crippen molar-refractivity contribution in [3.63, 3.8) is 0 Å². The minimum Gasteiger partial charge on any atom is -0.293 e. The van der Waals surface area contributed by atoms with Crippen LogP contribution in [-0.4, -0.2) is 26.2 Å². The van der Waals surface area contributed by atoms with Gasteiger partial charge in [-0.25, -0.2) is 0 Å². The van der Waals surface area contributed by atoms with Crippen molar-refractivity contribution < 1.29 is 0 Å². The number of nitrogens with zero attached hydrogens (tertiary/aromatic N) is 3. The van der Waals surface area contributed by atoms with Gasteiger partial charge in [-0.15, -0.1) is 0 Å². The molecule has 0 unspecified atom stereocenters. The zero-order chi connectivity index (χ0) is 5.70. The first-order valence-corrected chi connectivity index (χ1v) is 2.02. The summed E-state index contributed by atoms with van der Waals surface area (Å²) in [6, 6.07) is 0. The van der Waals surface area contributed by atoms with E-state index in [2.05, 4.69) is 15.9 Å². The Labute approximate surface area is 43.2 Å². The molecule has 0 spiro atoms. The molecule has 0 rings (SSSR count). The Hall–Kier alpha value is -0.800. The van der Waals surface area contributed by atoms with E-state index in [9.17, 15) is 0 Å². The second kappa shape index (κ2) is 3.39. The van der Waals surface area contributed by atoms with Crippen molar-refractivity contribution in [2.45, 2.75) is 0 Å². The van der Waals surface area contributed by atoms with Crippen LogP contribution in [0.2, 0.25) is 0 Å². The Morgan fingerprint density at radius 2 is 2.00 bits per heavy atom. The zero-order valence-electron chi connectivity index (χ0n) is 4.84. The van der Waals surface area contributed by atoms with E-state index < -0.39 is 0 Å². The lowest BCUT2D eigenvalue weighted by atomic mass is 11.2. The fourth-order valence-electron chi connectivity index (χ4n) is 0.134. The van der Waals surface area contributed by atoms with Crippen LogP contribution in [-0.2, 0) is 0 Å². The molecule has 1 N–H and O–H groups in total. The summed E-state index contributed by atoms with van der Waals surface area (Å²) in [5, 5.41) is 8.67. The van der Waals surface area contributed by atoms with Gasteiger partial charge >= 0.3 is 0 Å². The molecule has 0 aromatic rings. The van der Waals surface area contributed by atoms with Gasteiger partial charge in [-0.1, -0.05) is 10.4 Å². The number of hydrogen-bond acceptors (Lipinski definition) is 2. The molecule has 0 aromatic heterocycles. The number of nitrogens with one attached hydrogen (secondary N) is 1. The van der Waals surface area contributed by atoms with Gasteiger partial charge < -0.3 is 0 Å². The Morgan fingerprint density at radius 3 is 2.14 bits per heavy atom. The molecule has 0 radical (unpaired) electrons. The lowest BCUT2D eigenvalue weighted by Gasteiger charge is -1.97. The fourth-order valence-corrected chi connectivity index (χ4v) is 0.134. The molecule has 0 aliphatic carbocycles. The van der Waals surface area contributed by atoms with Crippen LogP contribution in [0.4, 0.5) is 0 Å². The summed E-state index contributed by atoms with van der Waals surface area (Å²) in [5.74, 6) is 0. The Bertz CT molecular complexity index is 58.0. The van der Waals surface area contributed by atoms with Gasteiger partial charge in [-0.3, -0.25) is 10.4 Å². The molecule has 0 aliphatic heterocycles. The van der Waals surface area contributed by atoms with Crippen molar-refractivity contribution in [3.05, 3.63) is 0 Å². The van der Waals surface area contributed by atoms with E-state index in [1.807, 2.05) is 0 Å². The molecule has 0 aromatic carbocycles. The van der Waals surface area contributed by atoms with Gasteiger partial charge in [-0.05, 0) is 0 Å². The molecule has 0 amide bonds. The highest BCUT2D eigenvalue weighted by atomic mass is 15.6. The molecule has 0 atom stereocenters. The highest BCUT2D eigenvalue weighted by Gasteiger charge is 1.70. The molecule has 7 heavy (non-hydrogen) atoms. The fraction of sp³-hybridized carbons (Fsp3) is 1.00. The quantitative estimate of drug-likeness (QED) is 0.395.